The van der Waals surface area contributed by atoms with E-state index in [2.05, 4.69) is 15.0 Å². The minimum absolute atomic E-state index is 0.0593. The fraction of sp³-hybridized carbons (Fsp3) is 0.0833. The van der Waals surface area contributed by atoms with Gasteiger partial charge in [0.25, 0.3) is 5.56 Å². The molecule has 84 valence electrons. The molecule has 1 N–H and O–H groups in total. The Morgan fingerprint density at radius 2 is 2.24 bits per heavy atom. The molecule has 0 saturated heterocycles. The summed E-state index contributed by atoms with van der Waals surface area (Å²) in [6.45, 7) is 0. The highest BCUT2D eigenvalue weighted by Gasteiger charge is 2.06. The Bertz CT molecular complexity index is 708. The number of hydrogen-bond donors (Lipinski definition) is 1. The second kappa shape index (κ2) is 3.55. The quantitative estimate of drug-likeness (QED) is 0.680. The molecule has 3 heterocycles. The standard InChI is InChI=1S/C12H10N4O/c1-16-6-4-8(7-10(16)17)11-14-9-3-2-5-13-12(9)15-11/h2-7H,1H3,(H,13,14,15). The van der Waals surface area contributed by atoms with E-state index in [1.807, 2.05) is 18.2 Å². The lowest BCUT2D eigenvalue weighted by molar-refractivity contribution is 0.860. The summed E-state index contributed by atoms with van der Waals surface area (Å²) in [6, 6.07) is 7.14. The molecule has 0 amide bonds. The predicted molar refractivity (Wildman–Crippen MR) is 64.6 cm³/mol. The van der Waals surface area contributed by atoms with Crippen molar-refractivity contribution in [3.63, 3.8) is 0 Å². The Morgan fingerprint density at radius 1 is 1.35 bits per heavy atom. The van der Waals surface area contributed by atoms with Crippen LogP contribution in [-0.4, -0.2) is 19.5 Å². The van der Waals surface area contributed by atoms with E-state index in [4.69, 9.17) is 0 Å². The van der Waals surface area contributed by atoms with Gasteiger partial charge >= 0.3 is 0 Å². The predicted octanol–water partition coefficient (Wildman–Crippen LogP) is 1.32. The molecule has 3 rings (SSSR count). The first-order valence-electron chi connectivity index (χ1n) is 5.22. The molecule has 0 aromatic carbocycles. The van der Waals surface area contributed by atoms with Crippen LogP contribution in [0.5, 0.6) is 0 Å². The third-order valence-corrected chi connectivity index (χ3v) is 2.64. The van der Waals surface area contributed by atoms with Crippen LogP contribution in [0.15, 0.2) is 41.5 Å². The van der Waals surface area contributed by atoms with Crippen molar-refractivity contribution in [1.82, 2.24) is 19.5 Å². The Labute approximate surface area is 96.8 Å². The van der Waals surface area contributed by atoms with Gasteiger partial charge in [-0.15, -0.1) is 0 Å². The zero-order valence-corrected chi connectivity index (χ0v) is 9.21. The smallest absolute Gasteiger partial charge is 0.250 e. The molecule has 3 aromatic rings. The molecule has 5 heteroatoms. The number of H-pyrrole nitrogens is 1. The van der Waals surface area contributed by atoms with Crippen LogP contribution in [0.4, 0.5) is 0 Å². The summed E-state index contributed by atoms with van der Waals surface area (Å²) in [5.74, 6) is 0.663. The van der Waals surface area contributed by atoms with Gasteiger partial charge < -0.3 is 9.55 Å². The summed E-state index contributed by atoms with van der Waals surface area (Å²) in [4.78, 5) is 23.2. The van der Waals surface area contributed by atoms with E-state index in [0.717, 1.165) is 11.1 Å². The number of aromatic amines is 1. The van der Waals surface area contributed by atoms with Gasteiger partial charge in [-0.25, -0.2) is 9.97 Å². The van der Waals surface area contributed by atoms with Crippen LogP contribution in [0.3, 0.4) is 0 Å². The third kappa shape index (κ3) is 1.61. The number of nitrogens with zero attached hydrogens (tertiary/aromatic N) is 3. The summed E-state index contributed by atoms with van der Waals surface area (Å²) >= 11 is 0. The largest absolute Gasteiger partial charge is 0.337 e. The van der Waals surface area contributed by atoms with Crippen molar-refractivity contribution in [1.29, 1.82) is 0 Å². The van der Waals surface area contributed by atoms with Gasteiger partial charge in [0, 0.05) is 31.1 Å². The fourth-order valence-electron chi connectivity index (χ4n) is 1.68. The molecule has 0 aliphatic rings. The second-order valence-electron chi connectivity index (χ2n) is 3.82. The van der Waals surface area contributed by atoms with Crippen LogP contribution >= 0.6 is 0 Å². The Balaban J connectivity index is 2.20. The van der Waals surface area contributed by atoms with E-state index in [-0.39, 0.29) is 5.56 Å². The van der Waals surface area contributed by atoms with Crippen molar-refractivity contribution in [3.05, 3.63) is 47.0 Å². The molecule has 0 bridgehead atoms. The first-order chi connectivity index (χ1) is 8.24. The molecule has 0 aliphatic heterocycles. The van der Waals surface area contributed by atoms with Gasteiger partial charge in [0.2, 0.25) is 0 Å². The monoisotopic (exact) mass is 226 g/mol. The third-order valence-electron chi connectivity index (χ3n) is 2.64. The van der Waals surface area contributed by atoms with Gasteiger partial charge in [-0.2, -0.15) is 0 Å². The van der Waals surface area contributed by atoms with Gasteiger partial charge in [-0.3, -0.25) is 4.79 Å². The lowest BCUT2D eigenvalue weighted by Gasteiger charge is -1.98. The van der Waals surface area contributed by atoms with Crippen molar-refractivity contribution in [2.24, 2.45) is 7.05 Å². The minimum atomic E-state index is -0.0593. The molecule has 0 atom stereocenters. The Kier molecular flexibility index (Phi) is 2.04. The SMILES string of the molecule is Cn1ccc(-c2nc3ncccc3[nH]2)cc1=O. The maximum atomic E-state index is 11.5. The van der Waals surface area contributed by atoms with E-state index in [9.17, 15) is 4.79 Å². The number of aryl methyl sites for hydroxylation is 1. The molecule has 0 radical (unpaired) electrons. The fourth-order valence-corrected chi connectivity index (χ4v) is 1.68. The number of nitrogens with one attached hydrogen (secondary N) is 1. The second-order valence-corrected chi connectivity index (χ2v) is 3.82. The van der Waals surface area contributed by atoms with E-state index < -0.39 is 0 Å². The van der Waals surface area contributed by atoms with Crippen LogP contribution in [0.25, 0.3) is 22.6 Å². The zero-order valence-electron chi connectivity index (χ0n) is 9.21. The van der Waals surface area contributed by atoms with Crippen LogP contribution in [0, 0.1) is 0 Å². The van der Waals surface area contributed by atoms with Crippen molar-refractivity contribution in [2.45, 2.75) is 0 Å². The summed E-state index contributed by atoms with van der Waals surface area (Å²) in [5, 5.41) is 0. The molecule has 0 fully saturated rings. The molecule has 0 spiro atoms. The lowest BCUT2D eigenvalue weighted by Crippen LogP contribution is -2.14. The normalized spacial score (nSPS) is 10.9. The molecule has 0 aliphatic carbocycles. The van der Waals surface area contributed by atoms with Crippen molar-refractivity contribution in [2.75, 3.05) is 0 Å². The zero-order chi connectivity index (χ0) is 11.8. The van der Waals surface area contributed by atoms with Crippen molar-refractivity contribution >= 4 is 11.2 Å². The highest BCUT2D eigenvalue weighted by molar-refractivity contribution is 5.75. The number of rotatable bonds is 1. The Morgan fingerprint density at radius 3 is 3.00 bits per heavy atom. The molecule has 5 nitrogen and oxygen atoms in total. The van der Waals surface area contributed by atoms with E-state index in [0.29, 0.717) is 11.5 Å². The number of aromatic nitrogens is 4. The lowest BCUT2D eigenvalue weighted by atomic mass is 10.2. The summed E-state index contributed by atoms with van der Waals surface area (Å²) in [6.07, 6.45) is 3.41. The maximum Gasteiger partial charge on any atom is 0.250 e. The van der Waals surface area contributed by atoms with Gasteiger partial charge in [-0.1, -0.05) is 0 Å². The van der Waals surface area contributed by atoms with Crippen molar-refractivity contribution < 1.29 is 0 Å². The number of hydrogen-bond acceptors (Lipinski definition) is 3. The van der Waals surface area contributed by atoms with Gasteiger partial charge in [-0.05, 0) is 18.2 Å². The van der Waals surface area contributed by atoms with Gasteiger partial charge in [0.05, 0.1) is 5.52 Å². The first kappa shape index (κ1) is 9.77. The maximum absolute atomic E-state index is 11.5. The Hall–Kier alpha value is -2.43. The summed E-state index contributed by atoms with van der Waals surface area (Å²) < 4.78 is 1.52. The molecular formula is C12H10N4O. The van der Waals surface area contributed by atoms with E-state index >= 15 is 0 Å². The molecular weight excluding hydrogens is 216 g/mol. The highest BCUT2D eigenvalue weighted by Crippen LogP contribution is 2.16. The van der Waals surface area contributed by atoms with Gasteiger partial charge in [0.15, 0.2) is 5.65 Å². The average Bonchev–Trinajstić information content (AvgIpc) is 2.76. The molecule has 17 heavy (non-hydrogen) atoms. The summed E-state index contributed by atoms with van der Waals surface area (Å²) in [5.41, 5.74) is 2.23. The van der Waals surface area contributed by atoms with E-state index in [1.165, 1.54) is 4.57 Å². The van der Waals surface area contributed by atoms with Crippen molar-refractivity contribution in [3.8, 4) is 11.4 Å². The topological polar surface area (TPSA) is 63.6 Å². The highest BCUT2D eigenvalue weighted by atomic mass is 16.1. The van der Waals surface area contributed by atoms with Crippen LogP contribution in [0.2, 0.25) is 0 Å². The number of imidazole rings is 1. The number of pyridine rings is 2. The van der Waals surface area contributed by atoms with Gasteiger partial charge in [0.1, 0.15) is 5.82 Å². The molecule has 3 aromatic heterocycles. The summed E-state index contributed by atoms with van der Waals surface area (Å²) in [7, 11) is 1.71. The first-order valence-corrected chi connectivity index (χ1v) is 5.22. The molecule has 0 saturated carbocycles. The van der Waals surface area contributed by atoms with Crippen LogP contribution in [-0.2, 0) is 7.05 Å². The van der Waals surface area contributed by atoms with Crippen LogP contribution in [0.1, 0.15) is 0 Å². The average molecular weight is 226 g/mol. The van der Waals surface area contributed by atoms with Crippen LogP contribution < -0.4 is 5.56 Å². The minimum Gasteiger partial charge on any atom is -0.337 e. The number of fused-ring (bicyclic) bond motifs is 1. The van der Waals surface area contributed by atoms with E-state index in [1.54, 1.807) is 25.5 Å². The molecule has 0 unspecified atom stereocenters.